The van der Waals surface area contributed by atoms with Gasteiger partial charge >= 0.3 is 11.5 Å². The summed E-state index contributed by atoms with van der Waals surface area (Å²) in [5, 5.41) is 31.1. The van der Waals surface area contributed by atoms with Crippen LogP contribution >= 0.6 is 23.5 Å². The zero-order valence-corrected chi connectivity index (χ0v) is 21.6. The van der Waals surface area contributed by atoms with Gasteiger partial charge in [0.25, 0.3) is 11.8 Å². The van der Waals surface area contributed by atoms with Crippen molar-refractivity contribution < 1.29 is 28.9 Å². The van der Waals surface area contributed by atoms with E-state index in [1.807, 2.05) is 5.16 Å². The van der Waals surface area contributed by atoms with Crippen molar-refractivity contribution in [2.75, 3.05) is 11.5 Å². The fourth-order valence-electron chi connectivity index (χ4n) is 4.02. The van der Waals surface area contributed by atoms with E-state index in [9.17, 15) is 29.1 Å². The molecule has 3 aromatic rings. The van der Waals surface area contributed by atoms with Crippen molar-refractivity contribution in [1.82, 2.24) is 46.1 Å². The molecule has 4 heterocycles. The summed E-state index contributed by atoms with van der Waals surface area (Å²) >= 11 is 2.54. The van der Waals surface area contributed by atoms with Crippen LogP contribution in [0.1, 0.15) is 22.1 Å². The number of aromatic amines is 1. The van der Waals surface area contributed by atoms with Gasteiger partial charge in [-0.05, 0) is 26.7 Å². The first-order valence-corrected chi connectivity index (χ1v) is 13.3. The number of fused-ring (bicyclic) bond motifs is 1. The topological polar surface area (TPSA) is 218 Å². The number of aryl methyl sites for hydroxylation is 1. The van der Waals surface area contributed by atoms with Crippen LogP contribution in [-0.4, -0.2) is 87.1 Å². The van der Waals surface area contributed by atoms with Gasteiger partial charge in [-0.2, -0.15) is 5.16 Å². The quantitative estimate of drug-likeness (QED) is 0.176. The third kappa shape index (κ3) is 5.02. The molecule has 2 aromatic heterocycles. The first-order chi connectivity index (χ1) is 18.8. The minimum Gasteiger partial charge on any atom is -0.477 e. The average molecular weight is 574 g/mol. The fraction of sp³-hybridized carbons (Fsp3) is 0.286. The van der Waals surface area contributed by atoms with E-state index in [0.717, 1.165) is 4.90 Å². The predicted octanol–water partition coefficient (Wildman–Crippen LogP) is -1.11. The maximum absolute atomic E-state index is 13.3. The number of nitrogens with one attached hydrogen (secondary N) is 3. The maximum Gasteiger partial charge on any atom is 0.352 e. The standard InChI is InChI=1S/C21H19N9O7S2/c1-29-21(24-27-28-29)39-8-10-7-38-19-13(18(34)30(19)14(10)20(35)36)23-15(31)11(9-5-3-2-4-6-9)22-16(32)12-17(33)26-37-25-12/h2-6,11,13,19H,7-8H2,1H3,(H,22,32)(H,23,31)(H,26,33)(H,35,36)/t11?,13?,19-/m1/s1. The Morgan fingerprint density at radius 2 is 2.05 bits per heavy atom. The molecule has 0 aliphatic carbocycles. The van der Waals surface area contributed by atoms with E-state index in [1.165, 1.54) is 28.2 Å². The lowest BCUT2D eigenvalue weighted by Crippen LogP contribution is -2.71. The lowest BCUT2D eigenvalue weighted by molar-refractivity contribution is -0.151. The highest BCUT2D eigenvalue weighted by molar-refractivity contribution is 8.01. The molecule has 2 aliphatic rings. The van der Waals surface area contributed by atoms with Crippen LogP contribution in [0.25, 0.3) is 0 Å². The number of carboxylic acid groups (broad SMARTS) is 1. The number of aromatic nitrogens is 6. The molecule has 2 aliphatic heterocycles. The van der Waals surface area contributed by atoms with Gasteiger partial charge < -0.3 is 15.7 Å². The number of amides is 3. The summed E-state index contributed by atoms with van der Waals surface area (Å²) in [6.07, 6.45) is 0. The molecule has 18 heteroatoms. The van der Waals surface area contributed by atoms with Gasteiger partial charge in [-0.3, -0.25) is 28.7 Å². The molecule has 3 amide bonds. The number of rotatable bonds is 9. The van der Waals surface area contributed by atoms with Crippen LogP contribution in [0.3, 0.4) is 0 Å². The SMILES string of the molecule is Cn1nnnc1SCC1=C(C(=O)O)N2C(=O)C(NC(=O)C(NC(=O)c3no[nH]c3=O)c3ccccc3)[C@H]2SC1. The number of carbonyl (C=O) groups excluding carboxylic acids is 3. The van der Waals surface area contributed by atoms with Gasteiger partial charge in [0, 0.05) is 18.6 Å². The van der Waals surface area contributed by atoms with Crippen LogP contribution in [0.2, 0.25) is 0 Å². The normalized spacial score (nSPS) is 19.2. The number of H-pyrrole nitrogens is 1. The van der Waals surface area contributed by atoms with Gasteiger partial charge in [0.05, 0.1) is 0 Å². The fourth-order valence-corrected chi connectivity index (χ4v) is 6.35. The second-order valence-corrected chi connectivity index (χ2v) is 10.4. The van der Waals surface area contributed by atoms with Crippen molar-refractivity contribution in [2.24, 2.45) is 7.05 Å². The molecular formula is C21H19N9O7S2. The molecule has 0 spiro atoms. The van der Waals surface area contributed by atoms with Crippen LogP contribution < -0.4 is 16.2 Å². The van der Waals surface area contributed by atoms with E-state index in [-0.39, 0.29) is 11.4 Å². The van der Waals surface area contributed by atoms with E-state index in [0.29, 0.717) is 22.0 Å². The van der Waals surface area contributed by atoms with Gasteiger partial charge in [0.2, 0.25) is 16.8 Å². The number of benzene rings is 1. The molecule has 1 fully saturated rings. The van der Waals surface area contributed by atoms with Crippen molar-refractivity contribution in [1.29, 1.82) is 0 Å². The van der Waals surface area contributed by atoms with E-state index < -0.39 is 52.4 Å². The molecule has 4 N–H and O–H groups in total. The highest BCUT2D eigenvalue weighted by Crippen LogP contribution is 2.41. The third-order valence-corrected chi connectivity index (χ3v) is 8.32. The Morgan fingerprint density at radius 1 is 1.28 bits per heavy atom. The molecule has 1 aromatic carbocycles. The van der Waals surface area contributed by atoms with Crippen LogP contribution in [-0.2, 0) is 21.4 Å². The smallest absolute Gasteiger partial charge is 0.352 e. The first kappa shape index (κ1) is 26.2. The second-order valence-electron chi connectivity index (χ2n) is 8.31. The number of nitrogens with zero attached hydrogens (tertiary/aromatic N) is 6. The molecule has 2 unspecified atom stereocenters. The Balaban J connectivity index is 1.32. The monoisotopic (exact) mass is 573 g/mol. The van der Waals surface area contributed by atoms with Crippen LogP contribution in [0.4, 0.5) is 0 Å². The van der Waals surface area contributed by atoms with Crippen molar-refractivity contribution in [3.05, 3.63) is 63.2 Å². The molecule has 0 saturated carbocycles. The number of β-lactam (4-membered cyclic amide) rings is 1. The van der Waals surface area contributed by atoms with Crippen molar-refractivity contribution >= 4 is 47.2 Å². The molecule has 16 nitrogen and oxygen atoms in total. The molecule has 202 valence electrons. The Morgan fingerprint density at radius 3 is 2.69 bits per heavy atom. The molecule has 3 atom stereocenters. The van der Waals surface area contributed by atoms with Gasteiger partial charge in [0.1, 0.15) is 23.2 Å². The molecular weight excluding hydrogens is 554 g/mol. The number of aliphatic carboxylic acids is 1. The number of carboxylic acids is 1. The molecule has 0 radical (unpaired) electrons. The number of hydrogen-bond acceptors (Lipinski definition) is 12. The first-order valence-electron chi connectivity index (χ1n) is 11.2. The number of thioether (sulfide) groups is 2. The summed E-state index contributed by atoms with van der Waals surface area (Å²) in [6, 6.07) is 5.87. The van der Waals surface area contributed by atoms with E-state index in [4.69, 9.17) is 0 Å². The van der Waals surface area contributed by atoms with Crippen LogP contribution in [0, 0.1) is 0 Å². The molecule has 0 bridgehead atoms. The molecule has 1 saturated heterocycles. The maximum atomic E-state index is 13.3. The highest BCUT2D eigenvalue weighted by atomic mass is 32.2. The summed E-state index contributed by atoms with van der Waals surface area (Å²) in [5.41, 5.74) is -0.694. The summed E-state index contributed by atoms with van der Waals surface area (Å²) in [4.78, 5) is 64.0. The van der Waals surface area contributed by atoms with E-state index in [2.05, 4.69) is 35.9 Å². The molecule has 5 rings (SSSR count). The number of hydrogen-bond donors (Lipinski definition) is 4. The number of tetrazole rings is 1. The predicted molar refractivity (Wildman–Crippen MR) is 133 cm³/mol. The summed E-state index contributed by atoms with van der Waals surface area (Å²) in [5.74, 6) is -3.01. The lowest BCUT2D eigenvalue weighted by Gasteiger charge is -2.49. The zero-order valence-electron chi connectivity index (χ0n) is 19.9. The minimum absolute atomic E-state index is 0.143. The number of carbonyl (C=O) groups is 4. The van der Waals surface area contributed by atoms with Crippen LogP contribution in [0.15, 0.2) is 56.2 Å². The Kier molecular flexibility index (Phi) is 7.20. The Hall–Kier alpha value is -4.45. The van der Waals surface area contributed by atoms with Crippen molar-refractivity contribution in [2.45, 2.75) is 22.6 Å². The van der Waals surface area contributed by atoms with Gasteiger partial charge in [-0.1, -0.05) is 42.1 Å². The zero-order chi connectivity index (χ0) is 27.7. The van der Waals surface area contributed by atoms with Gasteiger partial charge in [0.15, 0.2) is 0 Å². The largest absolute Gasteiger partial charge is 0.477 e. The van der Waals surface area contributed by atoms with Crippen LogP contribution in [0.5, 0.6) is 0 Å². The van der Waals surface area contributed by atoms with Crippen molar-refractivity contribution in [3.63, 3.8) is 0 Å². The van der Waals surface area contributed by atoms with Gasteiger partial charge in [-0.15, -0.1) is 16.9 Å². The highest BCUT2D eigenvalue weighted by Gasteiger charge is 2.54. The molecule has 39 heavy (non-hydrogen) atoms. The van der Waals surface area contributed by atoms with Crippen molar-refractivity contribution in [3.8, 4) is 0 Å². The average Bonchev–Trinajstić information content (AvgIpc) is 3.55. The summed E-state index contributed by atoms with van der Waals surface area (Å²) in [7, 11) is 1.65. The summed E-state index contributed by atoms with van der Waals surface area (Å²) < 4.78 is 5.84. The lowest BCUT2D eigenvalue weighted by atomic mass is 10.0. The van der Waals surface area contributed by atoms with E-state index >= 15 is 0 Å². The van der Waals surface area contributed by atoms with Gasteiger partial charge in [-0.25, -0.2) is 9.48 Å². The van der Waals surface area contributed by atoms with E-state index in [1.54, 1.807) is 37.4 Å². The minimum atomic E-state index is -1.29. The third-order valence-electron chi connectivity index (χ3n) is 5.88. The Labute approximate surface area is 226 Å². The summed E-state index contributed by atoms with van der Waals surface area (Å²) in [6.45, 7) is 0. The second kappa shape index (κ2) is 10.7. The Bertz CT molecular complexity index is 1530.